The van der Waals surface area contributed by atoms with E-state index in [0.717, 1.165) is 12.8 Å². The molecule has 0 saturated heterocycles. The number of nitrogens with one attached hydrogen (secondary N) is 2. The standard InChI is InChI=1S/C24H26N4O6/c1-4-5-12-27-15(2)20(23(30)34-3)21(26-24(27)31)16-8-6-10-18(13-16)25-22(29)17-9-7-11-19(14-17)28(32)33/h6-11,13-14,21H,4-5,12H2,1-3H3,(H,25,29)(H,26,31). The Morgan fingerprint density at radius 3 is 2.62 bits per heavy atom. The number of allylic oxidation sites excluding steroid dienone is 1. The maximum absolute atomic E-state index is 12.8. The maximum atomic E-state index is 12.8. The van der Waals surface area contributed by atoms with Crippen LogP contribution in [0.1, 0.15) is 48.7 Å². The van der Waals surface area contributed by atoms with Gasteiger partial charge in [-0.05, 0) is 37.1 Å². The van der Waals surface area contributed by atoms with Crippen molar-refractivity contribution in [3.63, 3.8) is 0 Å². The average Bonchev–Trinajstić information content (AvgIpc) is 2.83. The fourth-order valence-corrected chi connectivity index (χ4v) is 3.75. The second-order valence-corrected chi connectivity index (χ2v) is 7.77. The largest absolute Gasteiger partial charge is 0.466 e. The average molecular weight is 466 g/mol. The number of urea groups is 1. The van der Waals surface area contributed by atoms with E-state index in [0.29, 0.717) is 29.1 Å². The van der Waals surface area contributed by atoms with Crippen LogP contribution in [0.25, 0.3) is 0 Å². The number of ether oxygens (including phenoxy) is 1. The lowest BCUT2D eigenvalue weighted by molar-refractivity contribution is -0.384. The Balaban J connectivity index is 1.91. The molecule has 3 amide bonds. The van der Waals surface area contributed by atoms with Crippen molar-refractivity contribution in [2.75, 3.05) is 19.0 Å². The van der Waals surface area contributed by atoms with Crippen LogP contribution in [0.5, 0.6) is 0 Å². The van der Waals surface area contributed by atoms with Gasteiger partial charge in [0.05, 0.1) is 23.6 Å². The summed E-state index contributed by atoms with van der Waals surface area (Å²) >= 11 is 0. The number of benzene rings is 2. The van der Waals surface area contributed by atoms with Gasteiger partial charge in [0, 0.05) is 35.6 Å². The number of amides is 3. The first kappa shape index (κ1) is 24.4. The summed E-state index contributed by atoms with van der Waals surface area (Å²) in [6, 6.07) is 11.0. The van der Waals surface area contributed by atoms with Gasteiger partial charge in [-0.15, -0.1) is 0 Å². The van der Waals surface area contributed by atoms with Gasteiger partial charge < -0.3 is 15.4 Å². The van der Waals surface area contributed by atoms with Gasteiger partial charge in [-0.3, -0.25) is 19.8 Å². The summed E-state index contributed by atoms with van der Waals surface area (Å²) in [6.45, 7) is 4.20. The number of non-ortho nitro benzene ring substituents is 1. The number of nitro benzene ring substituents is 1. The molecule has 2 N–H and O–H groups in total. The lowest BCUT2D eigenvalue weighted by Crippen LogP contribution is -2.48. The summed E-state index contributed by atoms with van der Waals surface area (Å²) < 4.78 is 4.98. The van der Waals surface area contributed by atoms with Crippen LogP contribution in [0.2, 0.25) is 0 Å². The fraction of sp³-hybridized carbons (Fsp3) is 0.292. The summed E-state index contributed by atoms with van der Waals surface area (Å²) in [6.07, 6.45) is 1.67. The van der Waals surface area contributed by atoms with Crippen LogP contribution in [0.4, 0.5) is 16.2 Å². The molecular weight excluding hydrogens is 440 g/mol. The molecule has 34 heavy (non-hydrogen) atoms. The number of nitro groups is 1. The zero-order valence-corrected chi connectivity index (χ0v) is 19.2. The Kier molecular flexibility index (Phi) is 7.62. The van der Waals surface area contributed by atoms with E-state index in [-0.39, 0.29) is 17.3 Å². The van der Waals surface area contributed by atoms with Crippen molar-refractivity contribution in [2.24, 2.45) is 0 Å². The second kappa shape index (κ2) is 10.6. The second-order valence-electron chi connectivity index (χ2n) is 7.77. The Labute approximate surface area is 196 Å². The van der Waals surface area contributed by atoms with E-state index in [1.54, 1.807) is 31.2 Å². The van der Waals surface area contributed by atoms with E-state index in [9.17, 15) is 24.5 Å². The Morgan fingerprint density at radius 2 is 1.94 bits per heavy atom. The number of carbonyl (C=O) groups is 3. The molecule has 2 aromatic carbocycles. The van der Waals surface area contributed by atoms with Gasteiger partial charge in [0.2, 0.25) is 0 Å². The van der Waals surface area contributed by atoms with Gasteiger partial charge in [-0.1, -0.05) is 31.5 Å². The number of hydrogen-bond donors (Lipinski definition) is 2. The third-order valence-electron chi connectivity index (χ3n) is 5.53. The third-order valence-corrected chi connectivity index (χ3v) is 5.53. The SMILES string of the molecule is CCCCN1C(=O)NC(c2cccc(NC(=O)c3cccc([N+](=O)[O-])c3)c2)C(C(=O)OC)=C1C. The minimum Gasteiger partial charge on any atom is -0.466 e. The maximum Gasteiger partial charge on any atom is 0.337 e. The van der Waals surface area contributed by atoms with E-state index in [2.05, 4.69) is 10.6 Å². The van der Waals surface area contributed by atoms with Gasteiger partial charge in [0.25, 0.3) is 11.6 Å². The van der Waals surface area contributed by atoms with Crippen molar-refractivity contribution in [1.82, 2.24) is 10.2 Å². The van der Waals surface area contributed by atoms with E-state index < -0.39 is 22.8 Å². The molecule has 1 aliphatic rings. The molecule has 0 radical (unpaired) electrons. The summed E-state index contributed by atoms with van der Waals surface area (Å²) in [5, 5.41) is 16.6. The number of carbonyl (C=O) groups excluding carboxylic acids is 3. The molecule has 0 saturated carbocycles. The molecule has 10 heteroatoms. The first-order valence-electron chi connectivity index (χ1n) is 10.8. The predicted molar refractivity (Wildman–Crippen MR) is 125 cm³/mol. The molecule has 1 aliphatic heterocycles. The fourth-order valence-electron chi connectivity index (χ4n) is 3.75. The van der Waals surface area contributed by atoms with Crippen molar-refractivity contribution in [1.29, 1.82) is 0 Å². The quantitative estimate of drug-likeness (QED) is 0.341. The topological polar surface area (TPSA) is 131 Å². The first-order valence-corrected chi connectivity index (χ1v) is 10.8. The van der Waals surface area contributed by atoms with E-state index >= 15 is 0 Å². The monoisotopic (exact) mass is 466 g/mol. The molecule has 0 aromatic heterocycles. The van der Waals surface area contributed by atoms with Crippen molar-refractivity contribution >= 4 is 29.3 Å². The molecule has 178 valence electrons. The van der Waals surface area contributed by atoms with Gasteiger partial charge in [-0.2, -0.15) is 0 Å². The molecule has 3 rings (SSSR count). The number of anilines is 1. The number of hydrogen-bond acceptors (Lipinski definition) is 6. The predicted octanol–water partition coefficient (Wildman–Crippen LogP) is 4.16. The lowest BCUT2D eigenvalue weighted by atomic mass is 9.94. The molecular formula is C24H26N4O6. The van der Waals surface area contributed by atoms with Crippen molar-refractivity contribution < 1.29 is 24.0 Å². The van der Waals surface area contributed by atoms with Crippen LogP contribution in [0.3, 0.4) is 0 Å². The van der Waals surface area contributed by atoms with Crippen LogP contribution in [0, 0.1) is 10.1 Å². The highest BCUT2D eigenvalue weighted by Crippen LogP contribution is 2.32. The zero-order chi connectivity index (χ0) is 24.8. The first-order chi connectivity index (χ1) is 16.3. The number of unbranched alkanes of at least 4 members (excludes halogenated alkanes) is 1. The van der Waals surface area contributed by atoms with E-state index in [4.69, 9.17) is 4.74 Å². The third kappa shape index (κ3) is 5.22. The van der Waals surface area contributed by atoms with Gasteiger partial charge >= 0.3 is 12.0 Å². The highest BCUT2D eigenvalue weighted by Gasteiger charge is 2.36. The molecule has 10 nitrogen and oxygen atoms in total. The van der Waals surface area contributed by atoms with Crippen molar-refractivity contribution in [3.05, 3.63) is 81.0 Å². The van der Waals surface area contributed by atoms with Gasteiger partial charge in [0.15, 0.2) is 0 Å². The smallest absolute Gasteiger partial charge is 0.337 e. The van der Waals surface area contributed by atoms with Crippen LogP contribution < -0.4 is 10.6 Å². The minimum atomic E-state index is -0.771. The summed E-state index contributed by atoms with van der Waals surface area (Å²) in [5.41, 5.74) is 1.73. The van der Waals surface area contributed by atoms with Gasteiger partial charge in [-0.25, -0.2) is 9.59 Å². The zero-order valence-electron chi connectivity index (χ0n) is 19.2. The summed E-state index contributed by atoms with van der Waals surface area (Å²) in [4.78, 5) is 50.0. The molecule has 1 heterocycles. The van der Waals surface area contributed by atoms with Gasteiger partial charge in [0.1, 0.15) is 0 Å². The number of esters is 1. The van der Waals surface area contributed by atoms with Crippen molar-refractivity contribution in [3.8, 4) is 0 Å². The Morgan fingerprint density at radius 1 is 1.21 bits per heavy atom. The molecule has 0 spiro atoms. The molecule has 0 bridgehead atoms. The molecule has 2 aromatic rings. The summed E-state index contributed by atoms with van der Waals surface area (Å²) in [7, 11) is 1.28. The van der Waals surface area contributed by atoms with Crippen LogP contribution in [-0.2, 0) is 9.53 Å². The normalized spacial score (nSPS) is 15.6. The number of nitrogens with zero attached hydrogens (tertiary/aromatic N) is 2. The lowest BCUT2D eigenvalue weighted by Gasteiger charge is -2.35. The van der Waals surface area contributed by atoms with Crippen molar-refractivity contribution in [2.45, 2.75) is 32.7 Å². The Bertz CT molecular complexity index is 1160. The van der Waals surface area contributed by atoms with Crippen LogP contribution >= 0.6 is 0 Å². The molecule has 1 unspecified atom stereocenters. The molecule has 1 atom stereocenters. The summed E-state index contributed by atoms with van der Waals surface area (Å²) in [5.74, 6) is -1.09. The molecule has 0 aliphatic carbocycles. The number of methoxy groups -OCH3 is 1. The Hall–Kier alpha value is -4.21. The minimum absolute atomic E-state index is 0.128. The van der Waals surface area contributed by atoms with Crippen LogP contribution in [-0.4, -0.2) is 41.4 Å². The van der Waals surface area contributed by atoms with E-state index in [1.165, 1.54) is 36.3 Å². The van der Waals surface area contributed by atoms with Crippen LogP contribution in [0.15, 0.2) is 59.8 Å². The van der Waals surface area contributed by atoms with E-state index in [1.807, 2.05) is 6.92 Å². The molecule has 0 fully saturated rings. The highest BCUT2D eigenvalue weighted by molar-refractivity contribution is 6.04. The highest BCUT2D eigenvalue weighted by atomic mass is 16.6. The number of rotatable bonds is 8.